The van der Waals surface area contributed by atoms with Crippen molar-refractivity contribution in [3.8, 4) is 5.75 Å². The van der Waals surface area contributed by atoms with E-state index in [0.29, 0.717) is 0 Å². The second-order valence-corrected chi connectivity index (χ2v) is 7.13. The molecule has 1 atom stereocenters. The number of halogens is 3. The minimum absolute atomic E-state index is 0.0334. The molecule has 8 heteroatoms. The molecule has 26 heavy (non-hydrogen) atoms. The summed E-state index contributed by atoms with van der Waals surface area (Å²) in [5.74, 6) is 0.153. The van der Waals surface area contributed by atoms with Gasteiger partial charge < -0.3 is 19.7 Å². The van der Waals surface area contributed by atoms with Crippen LogP contribution in [0, 0.1) is 5.41 Å². The van der Waals surface area contributed by atoms with E-state index in [1.54, 1.807) is 7.05 Å². The number of ether oxygens (including phenoxy) is 2. The molecule has 5 nitrogen and oxygen atoms in total. The number of methoxy groups -OCH3 is 1. The van der Waals surface area contributed by atoms with E-state index in [4.69, 9.17) is 9.47 Å². The van der Waals surface area contributed by atoms with Crippen LogP contribution >= 0.6 is 0 Å². The number of amides is 2. The molecular formula is C18H27F3N2O3. The Morgan fingerprint density at radius 3 is 2.35 bits per heavy atom. The maximum absolute atomic E-state index is 13.0. The van der Waals surface area contributed by atoms with Crippen molar-refractivity contribution in [2.24, 2.45) is 5.41 Å². The van der Waals surface area contributed by atoms with Gasteiger partial charge in [-0.05, 0) is 30.5 Å². The molecule has 0 saturated heterocycles. The summed E-state index contributed by atoms with van der Waals surface area (Å²) in [4.78, 5) is 14.0. The first kappa shape index (κ1) is 22.1. The first-order valence-corrected chi connectivity index (χ1v) is 8.24. The van der Waals surface area contributed by atoms with E-state index >= 15 is 0 Å². The fraction of sp³-hybridized carbons (Fsp3) is 0.611. The standard InChI is InChI=1S/C18H27F3N2O3/c1-12(17(2,3)4)23(5)16(24)22-14-11-13(18(19,20)21)7-8-15(14)26-10-9-25-6/h7-8,11-12H,9-10H2,1-6H3,(H,22,24)/t12-/m1/s1. The zero-order chi connectivity index (χ0) is 20.1. The van der Waals surface area contributed by atoms with Gasteiger partial charge in [0.2, 0.25) is 0 Å². The van der Waals surface area contributed by atoms with Crippen LogP contribution in [0.3, 0.4) is 0 Å². The van der Waals surface area contributed by atoms with Crippen LogP contribution in [0.5, 0.6) is 5.75 Å². The van der Waals surface area contributed by atoms with Crippen LogP contribution in [0.25, 0.3) is 0 Å². The van der Waals surface area contributed by atoms with Crippen molar-refractivity contribution < 1.29 is 27.4 Å². The van der Waals surface area contributed by atoms with Gasteiger partial charge in [0.05, 0.1) is 17.9 Å². The largest absolute Gasteiger partial charge is 0.489 e. The van der Waals surface area contributed by atoms with E-state index in [0.717, 1.165) is 12.1 Å². The van der Waals surface area contributed by atoms with Crippen LogP contribution in [-0.4, -0.2) is 44.3 Å². The Hall–Kier alpha value is -1.96. The van der Waals surface area contributed by atoms with E-state index in [1.165, 1.54) is 18.1 Å². The molecule has 0 bridgehead atoms. The number of nitrogens with one attached hydrogen (secondary N) is 1. The third-order valence-electron chi connectivity index (χ3n) is 4.25. The van der Waals surface area contributed by atoms with Crippen LogP contribution in [0.4, 0.5) is 23.7 Å². The van der Waals surface area contributed by atoms with Gasteiger partial charge >= 0.3 is 12.2 Å². The smallest absolute Gasteiger partial charge is 0.416 e. The summed E-state index contributed by atoms with van der Waals surface area (Å²) in [6.45, 7) is 8.23. The van der Waals surface area contributed by atoms with Crippen molar-refractivity contribution in [1.29, 1.82) is 0 Å². The highest BCUT2D eigenvalue weighted by molar-refractivity contribution is 5.91. The third kappa shape index (κ3) is 6.09. The minimum Gasteiger partial charge on any atom is -0.489 e. The van der Waals surface area contributed by atoms with Crippen molar-refractivity contribution >= 4 is 11.7 Å². The lowest BCUT2D eigenvalue weighted by atomic mass is 9.87. The normalized spacial score (nSPS) is 13.3. The summed E-state index contributed by atoms with van der Waals surface area (Å²) >= 11 is 0. The molecule has 1 rings (SSSR count). The first-order chi connectivity index (χ1) is 11.9. The van der Waals surface area contributed by atoms with Gasteiger partial charge in [-0.3, -0.25) is 0 Å². The van der Waals surface area contributed by atoms with E-state index < -0.39 is 17.8 Å². The number of hydrogen-bond donors (Lipinski definition) is 1. The van der Waals surface area contributed by atoms with Gasteiger partial charge in [0.25, 0.3) is 0 Å². The number of nitrogens with zero attached hydrogens (tertiary/aromatic N) is 1. The summed E-state index contributed by atoms with van der Waals surface area (Å²) in [6.07, 6.45) is -4.52. The molecule has 0 saturated carbocycles. The summed E-state index contributed by atoms with van der Waals surface area (Å²) in [5, 5.41) is 2.52. The zero-order valence-electron chi connectivity index (χ0n) is 16.0. The Morgan fingerprint density at radius 2 is 1.85 bits per heavy atom. The highest BCUT2D eigenvalue weighted by Gasteiger charge is 2.32. The van der Waals surface area contributed by atoms with Crippen molar-refractivity contribution in [3.05, 3.63) is 23.8 Å². The van der Waals surface area contributed by atoms with Crippen molar-refractivity contribution in [1.82, 2.24) is 4.90 Å². The van der Waals surface area contributed by atoms with Gasteiger partial charge in [0, 0.05) is 20.2 Å². The lowest BCUT2D eigenvalue weighted by Gasteiger charge is -2.35. The maximum Gasteiger partial charge on any atom is 0.416 e. The van der Waals surface area contributed by atoms with Crippen LogP contribution in [0.2, 0.25) is 0 Å². The van der Waals surface area contributed by atoms with Crippen LogP contribution in [0.15, 0.2) is 18.2 Å². The first-order valence-electron chi connectivity index (χ1n) is 8.24. The Balaban J connectivity index is 3.08. The molecule has 0 fully saturated rings. The molecule has 1 N–H and O–H groups in total. The topological polar surface area (TPSA) is 50.8 Å². The summed E-state index contributed by atoms with van der Waals surface area (Å²) in [7, 11) is 3.09. The molecule has 1 aromatic rings. The Bertz CT molecular complexity index is 613. The molecule has 1 aromatic carbocycles. The molecule has 2 amide bonds. The number of benzene rings is 1. The number of carbonyl (C=O) groups excluding carboxylic acids is 1. The molecular weight excluding hydrogens is 349 g/mol. The SMILES string of the molecule is COCCOc1ccc(C(F)(F)F)cc1NC(=O)N(C)[C@H](C)C(C)(C)C. The van der Waals surface area contributed by atoms with Gasteiger partial charge in [-0.2, -0.15) is 13.2 Å². The number of urea groups is 1. The fourth-order valence-electron chi connectivity index (χ4n) is 2.13. The second-order valence-electron chi connectivity index (χ2n) is 7.13. The average molecular weight is 376 g/mol. The van der Waals surface area contributed by atoms with Crippen LogP contribution < -0.4 is 10.1 Å². The lowest BCUT2D eigenvalue weighted by Crippen LogP contribution is -2.45. The fourth-order valence-corrected chi connectivity index (χ4v) is 2.13. The average Bonchev–Trinajstić information content (AvgIpc) is 2.53. The van der Waals surface area contributed by atoms with Gasteiger partial charge in [-0.1, -0.05) is 20.8 Å². The Morgan fingerprint density at radius 1 is 1.23 bits per heavy atom. The number of hydrogen-bond acceptors (Lipinski definition) is 3. The second kappa shape index (κ2) is 8.62. The van der Waals surface area contributed by atoms with E-state index in [-0.39, 0.29) is 36.1 Å². The number of alkyl halides is 3. The van der Waals surface area contributed by atoms with E-state index in [1.807, 2.05) is 27.7 Å². The molecule has 0 aliphatic carbocycles. The van der Waals surface area contributed by atoms with Crippen LogP contribution in [-0.2, 0) is 10.9 Å². The lowest BCUT2D eigenvalue weighted by molar-refractivity contribution is -0.137. The molecule has 148 valence electrons. The maximum atomic E-state index is 13.0. The molecule has 0 aromatic heterocycles. The molecule has 0 unspecified atom stereocenters. The van der Waals surface area contributed by atoms with Crippen LogP contribution in [0.1, 0.15) is 33.3 Å². The summed E-state index contributed by atoms with van der Waals surface area (Å²) < 4.78 is 49.3. The van der Waals surface area contributed by atoms with Gasteiger partial charge in [0.15, 0.2) is 0 Å². The van der Waals surface area contributed by atoms with Crippen molar-refractivity contribution in [3.63, 3.8) is 0 Å². The molecule has 0 aliphatic heterocycles. The molecule has 0 radical (unpaired) electrons. The quantitative estimate of drug-likeness (QED) is 0.737. The summed E-state index contributed by atoms with van der Waals surface area (Å²) in [6, 6.07) is 2.34. The minimum atomic E-state index is -4.52. The van der Waals surface area contributed by atoms with E-state index in [2.05, 4.69) is 5.32 Å². The van der Waals surface area contributed by atoms with Gasteiger partial charge in [0.1, 0.15) is 12.4 Å². The molecule has 0 spiro atoms. The third-order valence-corrected chi connectivity index (χ3v) is 4.25. The van der Waals surface area contributed by atoms with E-state index in [9.17, 15) is 18.0 Å². The Labute approximate surface area is 152 Å². The molecule has 0 aliphatic rings. The highest BCUT2D eigenvalue weighted by Crippen LogP contribution is 2.35. The predicted octanol–water partition coefficient (Wildman–Crippen LogP) is 4.63. The highest BCUT2D eigenvalue weighted by atomic mass is 19.4. The summed E-state index contributed by atoms with van der Waals surface area (Å²) in [5.41, 5.74) is -1.08. The monoisotopic (exact) mass is 376 g/mol. The Kier molecular flexibility index (Phi) is 7.32. The molecule has 0 heterocycles. The number of rotatable bonds is 6. The zero-order valence-corrected chi connectivity index (χ0v) is 16.0. The number of carbonyl (C=O) groups is 1. The van der Waals surface area contributed by atoms with Gasteiger partial charge in [-0.15, -0.1) is 0 Å². The number of anilines is 1. The van der Waals surface area contributed by atoms with Gasteiger partial charge in [-0.25, -0.2) is 4.79 Å². The predicted molar refractivity (Wildman–Crippen MR) is 94.5 cm³/mol. The van der Waals surface area contributed by atoms with Crippen molar-refractivity contribution in [2.45, 2.75) is 39.9 Å². The van der Waals surface area contributed by atoms with Crippen molar-refractivity contribution in [2.75, 3.05) is 32.7 Å².